The van der Waals surface area contributed by atoms with Crippen LogP contribution in [-0.4, -0.2) is 17.6 Å². The molecule has 0 saturated heterocycles. The van der Waals surface area contributed by atoms with E-state index in [1.807, 2.05) is 0 Å². The molecular formula is C5H8NOPS2. The molecule has 0 rings (SSSR count). The van der Waals surface area contributed by atoms with Gasteiger partial charge in [-0.3, -0.25) is 4.57 Å². The van der Waals surface area contributed by atoms with E-state index >= 15 is 0 Å². The SMILES string of the molecule is C=CCP(=O)(N=C=S)SC. The predicted molar refractivity (Wildman–Crippen MR) is 51.2 cm³/mol. The topological polar surface area (TPSA) is 29.4 Å². The molecule has 5 heteroatoms. The van der Waals surface area contributed by atoms with Crippen molar-refractivity contribution in [1.82, 2.24) is 0 Å². The number of rotatable bonds is 4. The third-order valence-electron chi connectivity index (χ3n) is 0.838. The molecule has 0 aromatic rings. The summed E-state index contributed by atoms with van der Waals surface area (Å²) >= 11 is 5.55. The van der Waals surface area contributed by atoms with Crippen LogP contribution in [-0.2, 0) is 4.57 Å². The maximum absolute atomic E-state index is 11.4. The Morgan fingerprint density at radius 3 is 2.90 bits per heavy atom. The van der Waals surface area contributed by atoms with Crippen LogP contribution < -0.4 is 0 Å². The van der Waals surface area contributed by atoms with Gasteiger partial charge in [0.25, 0.3) is 6.49 Å². The van der Waals surface area contributed by atoms with E-state index in [1.165, 1.54) is 11.4 Å². The Morgan fingerprint density at radius 2 is 2.60 bits per heavy atom. The van der Waals surface area contributed by atoms with Crippen LogP contribution in [0, 0.1) is 0 Å². The highest BCUT2D eigenvalue weighted by molar-refractivity contribution is 8.57. The van der Waals surface area contributed by atoms with Gasteiger partial charge >= 0.3 is 0 Å². The normalized spacial score (nSPS) is 14.9. The highest BCUT2D eigenvalue weighted by Gasteiger charge is 2.15. The Labute approximate surface area is 70.0 Å². The first-order chi connectivity index (χ1) is 4.68. The van der Waals surface area contributed by atoms with Crippen LogP contribution >= 0.6 is 30.1 Å². The standard InChI is InChI=1S/C5H8NOPS2/c1-3-4-8(7,10-2)6-5-9/h3H,1,4H2,2H3. The van der Waals surface area contributed by atoms with Gasteiger partial charge in [-0.15, -0.1) is 6.58 Å². The fraction of sp³-hybridized carbons (Fsp3) is 0.400. The van der Waals surface area contributed by atoms with Gasteiger partial charge in [0.2, 0.25) is 0 Å². The summed E-state index contributed by atoms with van der Waals surface area (Å²) in [6.07, 6.45) is 3.70. The Morgan fingerprint density at radius 1 is 2.00 bits per heavy atom. The van der Waals surface area contributed by atoms with Crippen molar-refractivity contribution in [2.24, 2.45) is 4.76 Å². The fourth-order valence-corrected chi connectivity index (χ4v) is 2.83. The maximum atomic E-state index is 11.4. The highest BCUT2D eigenvalue weighted by atomic mass is 32.7. The van der Waals surface area contributed by atoms with Crippen LogP contribution in [0.1, 0.15) is 0 Å². The molecular weight excluding hydrogens is 185 g/mol. The van der Waals surface area contributed by atoms with Gasteiger partial charge in [-0.25, -0.2) is 0 Å². The molecule has 2 nitrogen and oxygen atoms in total. The maximum Gasteiger partial charge on any atom is 0.255 e. The molecule has 0 aromatic carbocycles. The smallest absolute Gasteiger partial charge is 0.255 e. The Bertz CT molecular complexity index is 210. The average molecular weight is 193 g/mol. The van der Waals surface area contributed by atoms with Crippen molar-refractivity contribution in [2.45, 2.75) is 0 Å². The number of nitrogens with zero attached hydrogens (tertiary/aromatic N) is 1. The second-order valence-corrected chi connectivity index (χ2v) is 6.68. The first-order valence-electron chi connectivity index (χ1n) is 2.53. The van der Waals surface area contributed by atoms with Gasteiger partial charge in [0.15, 0.2) is 0 Å². The van der Waals surface area contributed by atoms with Crippen molar-refractivity contribution in [2.75, 3.05) is 12.4 Å². The van der Waals surface area contributed by atoms with Crippen LogP contribution in [0.4, 0.5) is 0 Å². The fourth-order valence-electron chi connectivity index (χ4n) is 0.382. The summed E-state index contributed by atoms with van der Waals surface area (Å²) in [6, 6.07) is 0. The van der Waals surface area contributed by atoms with Gasteiger partial charge in [-0.05, 0) is 18.5 Å². The lowest BCUT2D eigenvalue weighted by molar-refractivity contribution is 0.588. The van der Waals surface area contributed by atoms with E-state index in [0.717, 1.165) is 0 Å². The lowest BCUT2D eigenvalue weighted by atomic mass is 10.8. The van der Waals surface area contributed by atoms with Crippen molar-refractivity contribution < 1.29 is 4.57 Å². The zero-order chi connectivity index (χ0) is 8.04. The number of allylic oxidation sites excluding steroid dienone is 1. The van der Waals surface area contributed by atoms with Crippen molar-refractivity contribution in [3.8, 4) is 0 Å². The molecule has 0 aliphatic heterocycles. The average Bonchev–Trinajstić information content (AvgIpc) is 1.89. The van der Waals surface area contributed by atoms with Crippen LogP contribution in [0.25, 0.3) is 0 Å². The minimum atomic E-state index is -2.49. The second kappa shape index (κ2) is 4.86. The van der Waals surface area contributed by atoms with E-state index < -0.39 is 6.49 Å². The van der Waals surface area contributed by atoms with Gasteiger partial charge in [-0.2, -0.15) is 4.76 Å². The van der Waals surface area contributed by atoms with Crippen molar-refractivity contribution >= 4 is 35.3 Å². The molecule has 1 atom stereocenters. The second-order valence-electron chi connectivity index (χ2n) is 1.48. The molecule has 0 aliphatic carbocycles. The molecule has 0 fully saturated rings. The van der Waals surface area contributed by atoms with E-state index in [4.69, 9.17) is 0 Å². The quantitative estimate of drug-likeness (QED) is 0.297. The summed E-state index contributed by atoms with van der Waals surface area (Å²) < 4.78 is 15.0. The summed E-state index contributed by atoms with van der Waals surface area (Å²) in [5, 5.41) is 2.12. The van der Waals surface area contributed by atoms with Crippen molar-refractivity contribution in [1.29, 1.82) is 0 Å². The number of hydrogen-bond acceptors (Lipinski definition) is 3. The molecule has 1 unspecified atom stereocenters. The third-order valence-corrected chi connectivity index (χ3v) is 5.16. The zero-order valence-corrected chi connectivity index (χ0v) is 8.14. The Kier molecular flexibility index (Phi) is 4.92. The molecule has 0 amide bonds. The molecule has 0 aliphatic rings. The first-order valence-corrected chi connectivity index (χ1v) is 6.62. The summed E-state index contributed by atoms with van der Waals surface area (Å²) in [6.45, 7) is 0.977. The third kappa shape index (κ3) is 3.33. The lowest BCUT2D eigenvalue weighted by Gasteiger charge is -2.02. The van der Waals surface area contributed by atoms with Gasteiger partial charge in [-0.1, -0.05) is 17.5 Å². The van der Waals surface area contributed by atoms with E-state index in [0.29, 0.717) is 6.16 Å². The minimum Gasteiger partial charge on any atom is -0.285 e. The summed E-state index contributed by atoms with van der Waals surface area (Å²) in [5.41, 5.74) is 0. The molecule has 0 aromatic heterocycles. The van der Waals surface area contributed by atoms with E-state index in [-0.39, 0.29) is 0 Å². The molecule has 56 valence electrons. The van der Waals surface area contributed by atoms with Gasteiger partial charge in [0, 0.05) is 6.16 Å². The van der Waals surface area contributed by atoms with Gasteiger partial charge in [0.05, 0.1) is 5.16 Å². The predicted octanol–water partition coefficient (Wildman–Crippen LogP) is 2.83. The van der Waals surface area contributed by atoms with Crippen LogP contribution in [0.15, 0.2) is 17.4 Å². The van der Waals surface area contributed by atoms with E-state index in [2.05, 4.69) is 28.7 Å². The van der Waals surface area contributed by atoms with Crippen molar-refractivity contribution in [3.63, 3.8) is 0 Å². The first kappa shape index (κ1) is 10.1. The van der Waals surface area contributed by atoms with E-state index in [9.17, 15) is 4.57 Å². The van der Waals surface area contributed by atoms with Crippen LogP contribution in [0.3, 0.4) is 0 Å². The molecule has 0 bridgehead atoms. The van der Waals surface area contributed by atoms with Crippen molar-refractivity contribution in [3.05, 3.63) is 12.7 Å². The van der Waals surface area contributed by atoms with E-state index in [1.54, 1.807) is 12.3 Å². The summed E-state index contributed by atoms with van der Waals surface area (Å²) in [4.78, 5) is 0. The number of thiocarbonyl (C=S) groups is 1. The molecule has 0 spiro atoms. The number of hydrogen-bond donors (Lipinski definition) is 0. The number of isothiocyanates is 1. The highest BCUT2D eigenvalue weighted by Crippen LogP contribution is 2.58. The minimum absolute atomic E-state index is 0.387. The molecule has 0 saturated carbocycles. The van der Waals surface area contributed by atoms with Gasteiger partial charge < -0.3 is 0 Å². The molecule has 0 heterocycles. The Balaban J connectivity index is 4.37. The summed E-state index contributed by atoms with van der Waals surface area (Å²) in [5.74, 6) is 0. The van der Waals surface area contributed by atoms with Crippen LogP contribution in [0.5, 0.6) is 0 Å². The molecule has 0 radical (unpaired) electrons. The van der Waals surface area contributed by atoms with Gasteiger partial charge in [0.1, 0.15) is 0 Å². The monoisotopic (exact) mass is 193 g/mol. The molecule has 10 heavy (non-hydrogen) atoms. The Hall–Kier alpha value is 0.120. The van der Waals surface area contributed by atoms with Crippen LogP contribution in [0.2, 0.25) is 0 Å². The summed E-state index contributed by atoms with van der Waals surface area (Å²) in [7, 11) is 0. The zero-order valence-electron chi connectivity index (χ0n) is 5.61. The lowest BCUT2D eigenvalue weighted by Crippen LogP contribution is -1.74. The largest absolute Gasteiger partial charge is 0.285 e. The molecule has 0 N–H and O–H groups in total.